The smallest absolute Gasteiger partial charge is 0.102 e. The van der Waals surface area contributed by atoms with Gasteiger partial charge in [0.2, 0.25) is 0 Å². The minimum absolute atomic E-state index is 0.947. The standard InChI is InChI=1S/C5H11N3/c1-3-5(2)7-4-8-6/h3-4H,6H2,1-2H3,(H,7,8)/b5-3-. The maximum Gasteiger partial charge on any atom is 0.102 e. The van der Waals surface area contributed by atoms with Crippen LogP contribution in [0.2, 0.25) is 0 Å². The summed E-state index contributed by atoms with van der Waals surface area (Å²) in [4.78, 5) is 3.86. The highest BCUT2D eigenvalue weighted by Gasteiger charge is 1.72. The summed E-state index contributed by atoms with van der Waals surface area (Å²) >= 11 is 0. The number of hydrogen-bond donors (Lipinski definition) is 2. The van der Waals surface area contributed by atoms with Gasteiger partial charge in [-0.2, -0.15) is 0 Å². The summed E-state index contributed by atoms with van der Waals surface area (Å²) in [6, 6.07) is 0. The van der Waals surface area contributed by atoms with Crippen molar-refractivity contribution in [2.24, 2.45) is 10.8 Å². The van der Waals surface area contributed by atoms with Gasteiger partial charge in [0.05, 0.1) is 0 Å². The number of nitrogens with zero attached hydrogens (tertiary/aromatic N) is 1. The third-order valence-corrected chi connectivity index (χ3v) is 0.760. The van der Waals surface area contributed by atoms with Gasteiger partial charge in [0.15, 0.2) is 0 Å². The van der Waals surface area contributed by atoms with Gasteiger partial charge in [0, 0.05) is 5.70 Å². The first-order chi connectivity index (χ1) is 3.81. The van der Waals surface area contributed by atoms with E-state index >= 15 is 0 Å². The van der Waals surface area contributed by atoms with Gasteiger partial charge in [-0.25, -0.2) is 10.8 Å². The number of hydrogen-bond acceptors (Lipinski definition) is 2. The van der Waals surface area contributed by atoms with Gasteiger partial charge in [0.25, 0.3) is 0 Å². The van der Waals surface area contributed by atoms with Gasteiger partial charge in [0.1, 0.15) is 6.34 Å². The summed E-state index contributed by atoms with van der Waals surface area (Å²) in [7, 11) is 0. The minimum atomic E-state index is 0.947. The van der Waals surface area contributed by atoms with Gasteiger partial charge >= 0.3 is 0 Å². The Morgan fingerprint density at radius 1 is 1.75 bits per heavy atom. The van der Waals surface area contributed by atoms with E-state index in [1.54, 1.807) is 0 Å². The summed E-state index contributed by atoms with van der Waals surface area (Å²) in [5.41, 5.74) is 3.25. The number of rotatable bonds is 2. The van der Waals surface area contributed by atoms with Crippen LogP contribution in [0.1, 0.15) is 13.8 Å². The Hall–Kier alpha value is -0.830. The van der Waals surface area contributed by atoms with Crippen molar-refractivity contribution in [3.8, 4) is 0 Å². The predicted molar refractivity (Wildman–Crippen MR) is 35.2 cm³/mol. The SMILES string of the molecule is C/C=C(C)\N=C/NN. The van der Waals surface area contributed by atoms with E-state index in [1.165, 1.54) is 6.34 Å². The Labute approximate surface area is 49.3 Å². The zero-order chi connectivity index (χ0) is 6.41. The molecule has 0 atom stereocenters. The highest BCUT2D eigenvalue weighted by molar-refractivity contribution is 5.54. The van der Waals surface area contributed by atoms with Gasteiger partial charge in [-0.3, -0.25) is 0 Å². The Morgan fingerprint density at radius 2 is 2.38 bits per heavy atom. The van der Waals surface area contributed by atoms with Crippen molar-refractivity contribution in [3.05, 3.63) is 11.8 Å². The van der Waals surface area contributed by atoms with Gasteiger partial charge in [-0.05, 0) is 13.8 Å². The zero-order valence-corrected chi connectivity index (χ0v) is 5.18. The molecular formula is C5H11N3. The number of nitrogens with one attached hydrogen (secondary N) is 1. The quantitative estimate of drug-likeness (QED) is 0.236. The van der Waals surface area contributed by atoms with Crippen LogP contribution in [0.25, 0.3) is 0 Å². The lowest BCUT2D eigenvalue weighted by Gasteiger charge is -1.86. The van der Waals surface area contributed by atoms with Crippen molar-refractivity contribution in [1.82, 2.24) is 5.43 Å². The first-order valence-electron chi connectivity index (χ1n) is 2.43. The fourth-order valence-corrected chi connectivity index (χ4v) is 0.214. The molecule has 0 spiro atoms. The van der Waals surface area contributed by atoms with Crippen molar-refractivity contribution in [2.45, 2.75) is 13.8 Å². The molecule has 8 heavy (non-hydrogen) atoms. The molecule has 0 radical (unpaired) electrons. The van der Waals surface area contributed by atoms with Crippen molar-refractivity contribution >= 4 is 6.34 Å². The molecular weight excluding hydrogens is 102 g/mol. The zero-order valence-electron chi connectivity index (χ0n) is 5.18. The highest BCUT2D eigenvalue weighted by Crippen LogP contribution is 1.88. The molecule has 0 amide bonds. The second kappa shape index (κ2) is 4.33. The van der Waals surface area contributed by atoms with Crippen LogP contribution in [-0.2, 0) is 0 Å². The molecule has 0 saturated heterocycles. The second-order valence-electron chi connectivity index (χ2n) is 1.35. The van der Waals surface area contributed by atoms with Crippen molar-refractivity contribution in [3.63, 3.8) is 0 Å². The van der Waals surface area contributed by atoms with Crippen molar-refractivity contribution in [2.75, 3.05) is 0 Å². The first-order valence-corrected chi connectivity index (χ1v) is 2.43. The third-order valence-electron chi connectivity index (χ3n) is 0.760. The van der Waals surface area contributed by atoms with E-state index in [1.807, 2.05) is 19.9 Å². The number of nitrogens with two attached hydrogens (primary N) is 1. The van der Waals surface area contributed by atoms with Crippen molar-refractivity contribution in [1.29, 1.82) is 0 Å². The van der Waals surface area contributed by atoms with E-state index in [2.05, 4.69) is 10.4 Å². The van der Waals surface area contributed by atoms with E-state index in [0.717, 1.165) is 5.70 Å². The molecule has 0 heterocycles. The van der Waals surface area contributed by atoms with Crippen LogP contribution in [0.15, 0.2) is 16.8 Å². The third kappa shape index (κ3) is 3.36. The molecule has 0 aromatic heterocycles. The molecule has 0 aromatic rings. The summed E-state index contributed by atoms with van der Waals surface area (Å²) in [5, 5.41) is 0. The van der Waals surface area contributed by atoms with Crippen LogP contribution in [0.4, 0.5) is 0 Å². The van der Waals surface area contributed by atoms with E-state index in [0.29, 0.717) is 0 Å². The maximum atomic E-state index is 4.90. The molecule has 0 rings (SSSR count). The van der Waals surface area contributed by atoms with Crippen LogP contribution in [0.3, 0.4) is 0 Å². The van der Waals surface area contributed by atoms with E-state index < -0.39 is 0 Å². The molecule has 0 fully saturated rings. The Bertz CT molecular complexity index is 104. The Morgan fingerprint density at radius 3 is 2.75 bits per heavy atom. The molecule has 3 nitrogen and oxygen atoms in total. The number of hydrazine groups is 1. The topological polar surface area (TPSA) is 50.4 Å². The lowest BCUT2D eigenvalue weighted by molar-refractivity contribution is 1.05. The Balaban J connectivity index is 3.53. The predicted octanol–water partition coefficient (Wildman–Crippen LogP) is 0.402. The van der Waals surface area contributed by atoms with Gasteiger partial charge in [-0.1, -0.05) is 6.08 Å². The molecule has 0 aliphatic carbocycles. The van der Waals surface area contributed by atoms with Crippen LogP contribution in [0.5, 0.6) is 0 Å². The summed E-state index contributed by atoms with van der Waals surface area (Å²) in [6.45, 7) is 3.82. The fraction of sp³-hybridized carbons (Fsp3) is 0.400. The summed E-state index contributed by atoms with van der Waals surface area (Å²) in [6.07, 6.45) is 3.34. The second-order valence-corrected chi connectivity index (χ2v) is 1.35. The first kappa shape index (κ1) is 7.17. The molecule has 0 bridgehead atoms. The van der Waals surface area contributed by atoms with Crippen LogP contribution >= 0.6 is 0 Å². The molecule has 46 valence electrons. The largest absolute Gasteiger partial charge is 0.315 e. The fourth-order valence-electron chi connectivity index (χ4n) is 0.214. The number of aliphatic imine (C=N–C) groups is 1. The van der Waals surface area contributed by atoms with Gasteiger partial charge < -0.3 is 5.43 Å². The van der Waals surface area contributed by atoms with Crippen LogP contribution < -0.4 is 11.3 Å². The summed E-state index contributed by atoms with van der Waals surface area (Å²) < 4.78 is 0. The van der Waals surface area contributed by atoms with E-state index in [-0.39, 0.29) is 0 Å². The molecule has 3 heteroatoms. The molecule has 0 aliphatic rings. The summed E-state index contributed by atoms with van der Waals surface area (Å²) in [5.74, 6) is 4.90. The van der Waals surface area contributed by atoms with Crippen LogP contribution in [0, 0.1) is 0 Å². The van der Waals surface area contributed by atoms with E-state index in [4.69, 9.17) is 5.84 Å². The lowest BCUT2D eigenvalue weighted by atomic mass is 10.5. The normalized spacial score (nSPS) is 12.6. The highest BCUT2D eigenvalue weighted by atomic mass is 15.2. The average Bonchev–Trinajstić information content (AvgIpc) is 1.83. The van der Waals surface area contributed by atoms with E-state index in [9.17, 15) is 0 Å². The molecule has 0 unspecified atom stereocenters. The molecule has 3 N–H and O–H groups in total. The minimum Gasteiger partial charge on any atom is -0.315 e. The average molecular weight is 113 g/mol. The van der Waals surface area contributed by atoms with Crippen LogP contribution in [-0.4, -0.2) is 6.34 Å². The number of allylic oxidation sites excluding steroid dienone is 2. The molecule has 0 saturated carbocycles. The Kier molecular flexibility index (Phi) is 3.88. The van der Waals surface area contributed by atoms with Crippen molar-refractivity contribution < 1.29 is 0 Å². The monoisotopic (exact) mass is 113 g/mol. The van der Waals surface area contributed by atoms with Gasteiger partial charge in [-0.15, -0.1) is 0 Å². The lowest BCUT2D eigenvalue weighted by Crippen LogP contribution is -2.18. The maximum absolute atomic E-state index is 4.90. The molecule has 0 aromatic carbocycles. The molecule has 0 aliphatic heterocycles.